The summed E-state index contributed by atoms with van der Waals surface area (Å²) in [6, 6.07) is 5.53. The minimum Gasteiger partial charge on any atom is -0.478 e. The monoisotopic (exact) mass is 263 g/mol. The molecule has 0 bridgehead atoms. The van der Waals surface area contributed by atoms with E-state index in [4.69, 9.17) is 16.7 Å². The number of benzene rings is 1. The molecule has 1 aliphatic rings. The van der Waals surface area contributed by atoms with Crippen molar-refractivity contribution in [1.29, 1.82) is 0 Å². The first-order valence-corrected chi connectivity index (χ1v) is 6.12. The van der Waals surface area contributed by atoms with E-state index in [2.05, 4.69) is 5.32 Å². The summed E-state index contributed by atoms with van der Waals surface area (Å²) in [5, 5.41) is 13.0. The molecule has 2 rings (SSSR count). The van der Waals surface area contributed by atoms with Crippen LogP contribution in [-0.4, -0.2) is 11.1 Å². The Morgan fingerprint density at radius 2 is 2.22 bits per heavy atom. The van der Waals surface area contributed by atoms with Crippen LogP contribution in [0.1, 0.15) is 18.4 Å². The van der Waals surface area contributed by atoms with Crippen molar-refractivity contribution in [1.82, 2.24) is 0 Å². The normalized spacial score (nSPS) is 14.8. The maximum atomic E-state index is 11.1. The number of nitrogens with one attached hydrogen (secondary N) is 1. The van der Waals surface area contributed by atoms with Gasteiger partial charge >= 0.3 is 5.97 Å². The molecule has 4 heteroatoms. The minimum atomic E-state index is -0.874. The van der Waals surface area contributed by atoms with E-state index in [0.29, 0.717) is 22.7 Å². The minimum absolute atomic E-state index is 0.414. The number of carboxylic acid groups (broad SMARTS) is 1. The van der Waals surface area contributed by atoms with Gasteiger partial charge in [0.2, 0.25) is 0 Å². The lowest BCUT2D eigenvalue weighted by Crippen LogP contribution is -2.12. The molecule has 0 aliphatic heterocycles. The average molecular weight is 264 g/mol. The molecule has 0 heterocycles. The van der Waals surface area contributed by atoms with Crippen LogP contribution in [0, 0.1) is 6.92 Å². The summed E-state index contributed by atoms with van der Waals surface area (Å²) >= 11 is 6.04. The van der Waals surface area contributed by atoms with E-state index < -0.39 is 5.97 Å². The highest BCUT2D eigenvalue weighted by Gasteiger charge is 2.16. The Hall–Kier alpha value is -1.74. The van der Waals surface area contributed by atoms with Gasteiger partial charge in [0, 0.05) is 16.4 Å². The third-order valence-electron chi connectivity index (χ3n) is 2.97. The number of halogens is 1. The second kappa shape index (κ2) is 5.27. The van der Waals surface area contributed by atoms with E-state index in [0.717, 1.165) is 17.7 Å². The number of allylic oxidation sites excluding steroid dienone is 2. The second-order valence-corrected chi connectivity index (χ2v) is 4.58. The lowest BCUT2D eigenvalue weighted by atomic mass is 10.0. The summed E-state index contributed by atoms with van der Waals surface area (Å²) in [4.78, 5) is 11.1. The van der Waals surface area contributed by atoms with E-state index in [1.165, 1.54) is 0 Å². The molecule has 0 radical (unpaired) electrons. The Labute approximate surface area is 111 Å². The molecule has 0 spiro atoms. The molecule has 94 valence electrons. The Kier molecular flexibility index (Phi) is 3.72. The molecule has 3 nitrogen and oxygen atoms in total. The molecular weight excluding hydrogens is 250 g/mol. The topological polar surface area (TPSA) is 49.3 Å². The van der Waals surface area contributed by atoms with Gasteiger partial charge in [0.05, 0.1) is 5.57 Å². The number of carboxylic acids is 1. The number of hydrogen-bond acceptors (Lipinski definition) is 2. The van der Waals surface area contributed by atoms with Crippen molar-refractivity contribution in [3.05, 3.63) is 52.2 Å². The molecule has 0 saturated carbocycles. The van der Waals surface area contributed by atoms with Gasteiger partial charge in [0.25, 0.3) is 0 Å². The van der Waals surface area contributed by atoms with E-state index in [1.807, 2.05) is 37.3 Å². The molecule has 2 N–H and O–H groups in total. The first-order chi connectivity index (χ1) is 8.59. The number of rotatable bonds is 3. The van der Waals surface area contributed by atoms with Gasteiger partial charge in [-0.1, -0.05) is 23.7 Å². The van der Waals surface area contributed by atoms with Crippen molar-refractivity contribution in [2.45, 2.75) is 19.8 Å². The molecule has 1 aromatic carbocycles. The predicted octanol–water partition coefficient (Wildman–Crippen LogP) is 3.75. The van der Waals surface area contributed by atoms with Gasteiger partial charge in [0.1, 0.15) is 0 Å². The van der Waals surface area contributed by atoms with Gasteiger partial charge in [-0.3, -0.25) is 0 Å². The first kappa shape index (κ1) is 12.7. The standard InChI is InChI=1S/C14H14ClNO2/c1-9-11(15)6-4-8-12(9)16-13-7-3-2-5-10(13)14(17)18/h3-4,6-8,16H,2,5H2,1H3,(H,17,18). The number of carbonyl (C=O) groups is 1. The Morgan fingerprint density at radius 1 is 1.44 bits per heavy atom. The summed E-state index contributed by atoms with van der Waals surface area (Å²) in [7, 11) is 0. The molecule has 0 aromatic heterocycles. The molecule has 1 aromatic rings. The smallest absolute Gasteiger partial charge is 0.333 e. The first-order valence-electron chi connectivity index (χ1n) is 5.74. The average Bonchev–Trinajstić information content (AvgIpc) is 2.35. The van der Waals surface area contributed by atoms with Gasteiger partial charge in [0.15, 0.2) is 0 Å². The maximum absolute atomic E-state index is 11.1. The SMILES string of the molecule is Cc1c(Cl)cccc1NC1=C(C(=O)O)CCC=C1. The fourth-order valence-corrected chi connectivity index (χ4v) is 2.07. The van der Waals surface area contributed by atoms with Crippen LogP contribution in [0.3, 0.4) is 0 Å². The number of aliphatic carboxylic acids is 1. The Morgan fingerprint density at radius 3 is 2.94 bits per heavy atom. The van der Waals surface area contributed by atoms with Gasteiger partial charge < -0.3 is 10.4 Å². The lowest BCUT2D eigenvalue weighted by molar-refractivity contribution is -0.132. The van der Waals surface area contributed by atoms with Crippen molar-refractivity contribution in [3.8, 4) is 0 Å². The molecule has 0 unspecified atom stereocenters. The summed E-state index contributed by atoms with van der Waals surface area (Å²) < 4.78 is 0. The van der Waals surface area contributed by atoms with E-state index in [9.17, 15) is 4.79 Å². The molecule has 18 heavy (non-hydrogen) atoms. The third-order valence-corrected chi connectivity index (χ3v) is 3.38. The van der Waals surface area contributed by atoms with Gasteiger partial charge in [-0.2, -0.15) is 0 Å². The van der Waals surface area contributed by atoms with Crippen LogP contribution in [-0.2, 0) is 4.79 Å². The zero-order valence-corrected chi connectivity index (χ0v) is 10.8. The van der Waals surface area contributed by atoms with Gasteiger partial charge in [-0.05, 0) is 43.5 Å². The third kappa shape index (κ3) is 2.57. The summed E-state index contributed by atoms with van der Waals surface area (Å²) in [6.45, 7) is 1.90. The van der Waals surface area contributed by atoms with Gasteiger partial charge in [-0.25, -0.2) is 4.79 Å². The lowest BCUT2D eigenvalue weighted by Gasteiger charge is -2.16. The Balaban J connectivity index is 2.35. The quantitative estimate of drug-likeness (QED) is 0.873. The molecule has 0 amide bonds. The van der Waals surface area contributed by atoms with Crippen LogP contribution >= 0.6 is 11.6 Å². The molecule has 0 fully saturated rings. The van der Waals surface area contributed by atoms with Crippen LogP contribution in [0.2, 0.25) is 5.02 Å². The summed E-state index contributed by atoms with van der Waals surface area (Å²) in [6.07, 6.45) is 5.09. The highest BCUT2D eigenvalue weighted by Crippen LogP contribution is 2.27. The molecule has 1 aliphatic carbocycles. The van der Waals surface area contributed by atoms with Gasteiger partial charge in [-0.15, -0.1) is 0 Å². The van der Waals surface area contributed by atoms with Crippen LogP contribution in [0.25, 0.3) is 0 Å². The van der Waals surface area contributed by atoms with E-state index in [-0.39, 0.29) is 0 Å². The van der Waals surface area contributed by atoms with E-state index in [1.54, 1.807) is 0 Å². The zero-order valence-electron chi connectivity index (χ0n) is 10.0. The van der Waals surface area contributed by atoms with Crippen molar-refractivity contribution in [2.24, 2.45) is 0 Å². The number of hydrogen-bond donors (Lipinski definition) is 2. The van der Waals surface area contributed by atoms with Crippen LogP contribution < -0.4 is 5.32 Å². The van der Waals surface area contributed by atoms with Crippen LogP contribution in [0.5, 0.6) is 0 Å². The predicted molar refractivity (Wildman–Crippen MR) is 72.8 cm³/mol. The molecule has 0 atom stereocenters. The molecular formula is C14H14ClNO2. The zero-order chi connectivity index (χ0) is 13.1. The van der Waals surface area contributed by atoms with Crippen molar-refractivity contribution >= 4 is 23.3 Å². The van der Waals surface area contributed by atoms with E-state index >= 15 is 0 Å². The molecule has 0 saturated heterocycles. The summed E-state index contributed by atoms with van der Waals surface area (Å²) in [5.74, 6) is -0.874. The highest BCUT2D eigenvalue weighted by molar-refractivity contribution is 6.31. The largest absolute Gasteiger partial charge is 0.478 e. The van der Waals surface area contributed by atoms with Crippen molar-refractivity contribution < 1.29 is 9.90 Å². The summed E-state index contributed by atoms with van der Waals surface area (Å²) in [5.41, 5.74) is 2.80. The van der Waals surface area contributed by atoms with Crippen LogP contribution in [0.15, 0.2) is 41.6 Å². The Bertz CT molecular complexity index is 547. The second-order valence-electron chi connectivity index (χ2n) is 4.18. The van der Waals surface area contributed by atoms with Crippen LogP contribution in [0.4, 0.5) is 5.69 Å². The highest BCUT2D eigenvalue weighted by atomic mass is 35.5. The van der Waals surface area contributed by atoms with Crippen molar-refractivity contribution in [3.63, 3.8) is 0 Å². The maximum Gasteiger partial charge on any atom is 0.333 e. The fourth-order valence-electron chi connectivity index (χ4n) is 1.89. The van der Waals surface area contributed by atoms with Crippen molar-refractivity contribution in [2.75, 3.05) is 5.32 Å². The fraction of sp³-hybridized carbons (Fsp3) is 0.214. The number of anilines is 1.